The number of nitrogens with zero attached hydrogens (tertiary/aromatic N) is 1. The number of halogens is 4. The SMILES string of the molecule is O=C(NC1CC1)c1ccc(Nc2ccc(Cl)c(C(F)(F)F)c2)nc1. The van der Waals surface area contributed by atoms with Gasteiger partial charge in [-0.3, -0.25) is 4.79 Å². The fourth-order valence-electron chi connectivity index (χ4n) is 2.07. The molecule has 1 aromatic carbocycles. The van der Waals surface area contributed by atoms with Crippen LogP contribution in [0.1, 0.15) is 28.8 Å². The van der Waals surface area contributed by atoms with Crippen LogP contribution in [0.3, 0.4) is 0 Å². The molecule has 0 spiro atoms. The number of alkyl halides is 3. The zero-order valence-electron chi connectivity index (χ0n) is 12.3. The maximum Gasteiger partial charge on any atom is 0.417 e. The predicted molar refractivity (Wildman–Crippen MR) is 84.5 cm³/mol. The summed E-state index contributed by atoms with van der Waals surface area (Å²) in [4.78, 5) is 15.9. The number of carbonyl (C=O) groups is 1. The van der Waals surface area contributed by atoms with Crippen LogP contribution in [0.2, 0.25) is 5.02 Å². The summed E-state index contributed by atoms with van der Waals surface area (Å²) in [6.07, 6.45) is -1.19. The lowest BCUT2D eigenvalue weighted by molar-refractivity contribution is -0.137. The Morgan fingerprint density at radius 2 is 1.96 bits per heavy atom. The molecule has 1 heterocycles. The van der Waals surface area contributed by atoms with Crippen molar-refractivity contribution >= 4 is 29.0 Å². The molecule has 126 valence electrons. The van der Waals surface area contributed by atoms with Gasteiger partial charge in [0.05, 0.1) is 16.1 Å². The molecule has 1 saturated carbocycles. The van der Waals surface area contributed by atoms with Crippen LogP contribution in [0.5, 0.6) is 0 Å². The van der Waals surface area contributed by atoms with E-state index in [9.17, 15) is 18.0 Å². The van der Waals surface area contributed by atoms with Gasteiger partial charge >= 0.3 is 6.18 Å². The number of hydrogen-bond donors (Lipinski definition) is 2. The van der Waals surface area contributed by atoms with Crippen LogP contribution in [0, 0.1) is 0 Å². The average molecular weight is 356 g/mol. The van der Waals surface area contributed by atoms with E-state index in [1.54, 1.807) is 6.07 Å². The molecule has 1 aliphatic carbocycles. The topological polar surface area (TPSA) is 54.0 Å². The van der Waals surface area contributed by atoms with Crippen molar-refractivity contribution < 1.29 is 18.0 Å². The Bertz CT molecular complexity index is 758. The van der Waals surface area contributed by atoms with E-state index in [2.05, 4.69) is 15.6 Å². The molecular formula is C16H13ClF3N3O. The van der Waals surface area contributed by atoms with Gasteiger partial charge in [-0.05, 0) is 43.2 Å². The second kappa shape index (κ2) is 6.32. The number of benzene rings is 1. The van der Waals surface area contributed by atoms with E-state index < -0.39 is 11.7 Å². The Balaban J connectivity index is 1.73. The number of hydrogen-bond acceptors (Lipinski definition) is 3. The van der Waals surface area contributed by atoms with E-state index in [0.29, 0.717) is 11.4 Å². The number of carbonyl (C=O) groups excluding carboxylic acids is 1. The van der Waals surface area contributed by atoms with E-state index in [-0.39, 0.29) is 22.7 Å². The molecule has 3 rings (SSSR count). The van der Waals surface area contributed by atoms with Gasteiger partial charge in [-0.1, -0.05) is 11.6 Å². The van der Waals surface area contributed by atoms with E-state index in [4.69, 9.17) is 11.6 Å². The van der Waals surface area contributed by atoms with Crippen LogP contribution in [-0.4, -0.2) is 16.9 Å². The standard InChI is InChI=1S/C16H13ClF3N3O/c17-13-5-4-11(7-12(13)16(18,19)20)22-14-6-1-9(8-21-14)15(24)23-10-2-3-10/h1,4-8,10H,2-3H2,(H,21,22)(H,23,24). The number of nitrogens with one attached hydrogen (secondary N) is 2. The smallest absolute Gasteiger partial charge is 0.349 e. The quantitative estimate of drug-likeness (QED) is 0.855. The predicted octanol–water partition coefficient (Wildman–Crippen LogP) is 4.39. The second-order valence-electron chi connectivity index (χ2n) is 5.50. The second-order valence-corrected chi connectivity index (χ2v) is 5.90. The van der Waals surface area contributed by atoms with Crippen LogP contribution < -0.4 is 10.6 Å². The molecule has 1 fully saturated rings. The summed E-state index contributed by atoms with van der Waals surface area (Å²) in [6, 6.07) is 6.84. The molecule has 1 amide bonds. The highest BCUT2D eigenvalue weighted by molar-refractivity contribution is 6.31. The number of rotatable bonds is 4. The molecule has 1 aromatic heterocycles. The molecule has 1 aliphatic rings. The summed E-state index contributed by atoms with van der Waals surface area (Å²) in [5.41, 5.74) is -0.316. The van der Waals surface area contributed by atoms with Crippen molar-refractivity contribution in [3.8, 4) is 0 Å². The largest absolute Gasteiger partial charge is 0.417 e. The van der Waals surface area contributed by atoms with Gasteiger partial charge in [0.2, 0.25) is 0 Å². The summed E-state index contributed by atoms with van der Waals surface area (Å²) in [6.45, 7) is 0. The minimum atomic E-state index is -4.53. The molecule has 2 N–H and O–H groups in total. The lowest BCUT2D eigenvalue weighted by Crippen LogP contribution is -2.25. The fourth-order valence-corrected chi connectivity index (χ4v) is 2.29. The Kier molecular flexibility index (Phi) is 4.36. The lowest BCUT2D eigenvalue weighted by Gasteiger charge is -2.12. The molecular weight excluding hydrogens is 343 g/mol. The van der Waals surface area contributed by atoms with Crippen LogP contribution in [-0.2, 0) is 6.18 Å². The van der Waals surface area contributed by atoms with Crippen LogP contribution >= 0.6 is 11.6 Å². The average Bonchev–Trinajstić information content (AvgIpc) is 3.33. The Labute approximate surface area is 141 Å². The summed E-state index contributed by atoms with van der Waals surface area (Å²) in [5, 5.41) is 5.22. The van der Waals surface area contributed by atoms with Crippen molar-refractivity contribution in [3.05, 3.63) is 52.7 Å². The lowest BCUT2D eigenvalue weighted by atomic mass is 10.2. The summed E-state index contributed by atoms with van der Waals surface area (Å²) >= 11 is 5.58. The Morgan fingerprint density at radius 3 is 2.54 bits per heavy atom. The van der Waals surface area contributed by atoms with Gasteiger partial charge in [0, 0.05) is 17.9 Å². The fraction of sp³-hybridized carbons (Fsp3) is 0.250. The van der Waals surface area contributed by atoms with Crippen molar-refractivity contribution in [1.82, 2.24) is 10.3 Å². The highest BCUT2D eigenvalue weighted by atomic mass is 35.5. The molecule has 0 radical (unpaired) electrons. The van der Waals surface area contributed by atoms with Crippen LogP contribution in [0.25, 0.3) is 0 Å². The van der Waals surface area contributed by atoms with Gasteiger partial charge in [-0.2, -0.15) is 13.2 Å². The van der Waals surface area contributed by atoms with Gasteiger partial charge in [0.1, 0.15) is 5.82 Å². The first-order valence-corrected chi connectivity index (χ1v) is 7.61. The van der Waals surface area contributed by atoms with Crippen molar-refractivity contribution in [2.24, 2.45) is 0 Å². The molecule has 4 nitrogen and oxygen atoms in total. The summed E-state index contributed by atoms with van der Waals surface area (Å²) in [5.74, 6) is 0.121. The Hall–Kier alpha value is -2.28. The zero-order valence-corrected chi connectivity index (χ0v) is 13.1. The summed E-state index contributed by atoms with van der Waals surface area (Å²) in [7, 11) is 0. The molecule has 2 aromatic rings. The van der Waals surface area contributed by atoms with Gasteiger partial charge in [-0.25, -0.2) is 4.98 Å². The summed E-state index contributed by atoms with van der Waals surface area (Å²) < 4.78 is 38.5. The van der Waals surface area contributed by atoms with Crippen molar-refractivity contribution in [2.45, 2.75) is 25.1 Å². The molecule has 0 unspecified atom stereocenters. The van der Waals surface area contributed by atoms with Gasteiger partial charge < -0.3 is 10.6 Å². The highest BCUT2D eigenvalue weighted by Gasteiger charge is 2.33. The molecule has 0 aliphatic heterocycles. The number of amides is 1. The monoisotopic (exact) mass is 355 g/mol. The first-order valence-electron chi connectivity index (χ1n) is 7.23. The first kappa shape index (κ1) is 16.6. The zero-order chi connectivity index (χ0) is 17.3. The highest BCUT2D eigenvalue weighted by Crippen LogP contribution is 2.36. The number of pyridine rings is 1. The van der Waals surface area contributed by atoms with E-state index >= 15 is 0 Å². The van der Waals surface area contributed by atoms with Crippen LogP contribution in [0.4, 0.5) is 24.7 Å². The number of anilines is 2. The first-order chi connectivity index (χ1) is 11.3. The molecule has 0 atom stereocenters. The van der Waals surface area contributed by atoms with Gasteiger partial charge in [-0.15, -0.1) is 0 Å². The minimum Gasteiger partial charge on any atom is -0.349 e. The third kappa shape index (κ3) is 3.97. The van der Waals surface area contributed by atoms with Crippen molar-refractivity contribution in [3.63, 3.8) is 0 Å². The van der Waals surface area contributed by atoms with Gasteiger partial charge in [0.15, 0.2) is 0 Å². The van der Waals surface area contributed by atoms with Crippen molar-refractivity contribution in [1.29, 1.82) is 0 Å². The third-order valence-corrected chi connectivity index (χ3v) is 3.81. The maximum absolute atomic E-state index is 12.8. The molecule has 0 saturated heterocycles. The molecule has 24 heavy (non-hydrogen) atoms. The normalized spacial score (nSPS) is 14.3. The van der Waals surface area contributed by atoms with E-state index in [1.165, 1.54) is 24.4 Å². The van der Waals surface area contributed by atoms with E-state index in [1.807, 2.05) is 0 Å². The third-order valence-electron chi connectivity index (χ3n) is 3.48. The van der Waals surface area contributed by atoms with E-state index in [0.717, 1.165) is 18.9 Å². The number of aromatic nitrogens is 1. The molecule has 8 heteroatoms. The Morgan fingerprint density at radius 1 is 1.21 bits per heavy atom. The molecule has 0 bridgehead atoms. The van der Waals surface area contributed by atoms with Gasteiger partial charge in [0.25, 0.3) is 5.91 Å². The van der Waals surface area contributed by atoms with Crippen LogP contribution in [0.15, 0.2) is 36.5 Å². The van der Waals surface area contributed by atoms with Crippen molar-refractivity contribution in [2.75, 3.05) is 5.32 Å². The maximum atomic E-state index is 12.8. The minimum absolute atomic E-state index is 0.203.